The molecule has 0 aliphatic carbocycles. The van der Waals surface area contributed by atoms with Crippen LogP contribution in [0.25, 0.3) is 0 Å². The summed E-state index contributed by atoms with van der Waals surface area (Å²) in [5, 5.41) is 13.8. The maximum atomic E-state index is 12.6. The summed E-state index contributed by atoms with van der Waals surface area (Å²) in [6.07, 6.45) is 3.07. The number of carbonyl (C=O) groups is 1. The van der Waals surface area contributed by atoms with Crippen molar-refractivity contribution >= 4 is 32.8 Å². The SMILES string of the molecule is C[C@H](CCC(=O)CCCCO[Si](C)(C)C(C)(C)C)[C@H](O)[C@@H](C)CO[Si](c1ccccc1)(c1ccccc1)C(C)(C)C. The molecule has 2 aromatic carbocycles. The maximum Gasteiger partial charge on any atom is 0.261 e. The average molecular weight is 599 g/mol. The van der Waals surface area contributed by atoms with Crippen molar-refractivity contribution in [3.8, 4) is 0 Å². The van der Waals surface area contributed by atoms with Crippen molar-refractivity contribution in [2.24, 2.45) is 11.8 Å². The van der Waals surface area contributed by atoms with Gasteiger partial charge in [0.25, 0.3) is 8.32 Å². The van der Waals surface area contributed by atoms with E-state index >= 15 is 0 Å². The summed E-state index contributed by atoms with van der Waals surface area (Å²) in [6.45, 7) is 23.5. The molecule has 4 nitrogen and oxygen atoms in total. The molecule has 0 aromatic heterocycles. The van der Waals surface area contributed by atoms with Gasteiger partial charge in [0, 0.05) is 32.0 Å². The minimum atomic E-state index is -2.65. The fourth-order valence-corrected chi connectivity index (χ4v) is 11.1. The minimum Gasteiger partial charge on any atom is -0.417 e. The highest BCUT2D eigenvalue weighted by Crippen LogP contribution is 2.38. The molecule has 0 radical (unpaired) electrons. The van der Waals surface area contributed by atoms with Gasteiger partial charge in [-0.3, -0.25) is 4.79 Å². The summed E-state index contributed by atoms with van der Waals surface area (Å²) in [6, 6.07) is 21.2. The molecule has 0 bridgehead atoms. The number of hydrogen-bond acceptors (Lipinski definition) is 4. The molecule has 0 saturated carbocycles. The summed E-state index contributed by atoms with van der Waals surface area (Å²) in [7, 11) is -4.37. The molecule has 0 heterocycles. The molecule has 1 N–H and O–H groups in total. The van der Waals surface area contributed by atoms with Crippen LogP contribution in [0.5, 0.6) is 0 Å². The Labute approximate surface area is 253 Å². The molecule has 0 aliphatic rings. The third-order valence-corrected chi connectivity index (χ3v) is 18.7. The molecule has 230 valence electrons. The summed E-state index contributed by atoms with van der Waals surface area (Å²) >= 11 is 0. The van der Waals surface area contributed by atoms with Gasteiger partial charge in [0.05, 0.1) is 6.10 Å². The van der Waals surface area contributed by atoms with Gasteiger partial charge in [-0.15, -0.1) is 0 Å². The van der Waals surface area contributed by atoms with Crippen LogP contribution in [-0.4, -0.2) is 46.8 Å². The number of aliphatic hydroxyl groups is 1. The number of carbonyl (C=O) groups excluding carboxylic acids is 1. The van der Waals surface area contributed by atoms with Gasteiger partial charge in [-0.2, -0.15) is 0 Å². The van der Waals surface area contributed by atoms with Crippen molar-refractivity contribution in [3.63, 3.8) is 0 Å². The van der Waals surface area contributed by atoms with Crippen LogP contribution in [0.3, 0.4) is 0 Å². The highest BCUT2D eigenvalue weighted by atomic mass is 28.4. The predicted molar refractivity (Wildman–Crippen MR) is 179 cm³/mol. The van der Waals surface area contributed by atoms with Crippen LogP contribution in [0.15, 0.2) is 60.7 Å². The number of rotatable bonds is 16. The summed E-state index contributed by atoms with van der Waals surface area (Å²) in [5.74, 6) is 0.264. The van der Waals surface area contributed by atoms with Crippen molar-refractivity contribution in [1.29, 1.82) is 0 Å². The maximum absolute atomic E-state index is 12.6. The molecule has 0 unspecified atom stereocenters. The van der Waals surface area contributed by atoms with E-state index in [2.05, 4.69) is 129 Å². The van der Waals surface area contributed by atoms with Crippen LogP contribution in [0.4, 0.5) is 0 Å². The van der Waals surface area contributed by atoms with Crippen LogP contribution in [0.2, 0.25) is 23.2 Å². The lowest BCUT2D eigenvalue weighted by Crippen LogP contribution is -2.67. The van der Waals surface area contributed by atoms with Crippen LogP contribution in [0, 0.1) is 11.8 Å². The number of ketones is 1. The zero-order chi connectivity index (χ0) is 30.9. The molecule has 0 saturated heterocycles. The lowest BCUT2D eigenvalue weighted by molar-refractivity contribution is -0.119. The molecule has 6 heteroatoms. The first-order valence-corrected chi connectivity index (χ1v) is 20.4. The van der Waals surface area contributed by atoms with Crippen molar-refractivity contribution in [2.75, 3.05) is 13.2 Å². The normalized spacial score (nSPS) is 15.4. The largest absolute Gasteiger partial charge is 0.417 e. The molecule has 0 fully saturated rings. The fraction of sp³-hybridized carbons (Fsp3) is 0.629. The lowest BCUT2D eigenvalue weighted by Gasteiger charge is -2.44. The zero-order valence-electron chi connectivity index (χ0n) is 27.6. The second-order valence-electron chi connectivity index (χ2n) is 14.6. The number of Topliss-reactive ketones (excluding diaryl/α,β-unsaturated/α-hetero) is 1. The third-order valence-electron chi connectivity index (χ3n) is 9.14. The first kappa shape index (κ1) is 35.6. The Morgan fingerprint density at radius 1 is 0.756 bits per heavy atom. The Morgan fingerprint density at radius 2 is 1.27 bits per heavy atom. The Kier molecular flexibility index (Phi) is 13.2. The van der Waals surface area contributed by atoms with Gasteiger partial charge < -0.3 is 14.0 Å². The summed E-state index contributed by atoms with van der Waals surface area (Å²) in [5.41, 5.74) is 0. The molecular formula is C35H58O4Si2. The first-order chi connectivity index (χ1) is 19.0. The van der Waals surface area contributed by atoms with E-state index in [-0.39, 0.29) is 27.7 Å². The number of hydrogen-bond donors (Lipinski definition) is 1. The average Bonchev–Trinajstić information content (AvgIpc) is 2.91. The second-order valence-corrected chi connectivity index (χ2v) is 23.7. The van der Waals surface area contributed by atoms with Crippen molar-refractivity contribution in [3.05, 3.63) is 60.7 Å². The molecule has 41 heavy (non-hydrogen) atoms. The van der Waals surface area contributed by atoms with E-state index in [1.807, 2.05) is 0 Å². The second kappa shape index (κ2) is 15.2. The standard InChI is InChI=1S/C35H58O4Si2/c1-28(24-25-30(36)19-17-18-26-38-40(9,10)34(3,4)5)33(37)29(2)27-39-41(35(6,7)8,31-20-13-11-14-21-31)32-22-15-12-16-23-32/h11-16,20-23,28-29,33,37H,17-19,24-27H2,1-10H3/t28-,29+,33+/m1/s1. The Morgan fingerprint density at radius 3 is 1.73 bits per heavy atom. The molecule has 0 aliphatic heterocycles. The quantitative estimate of drug-likeness (QED) is 0.159. The van der Waals surface area contributed by atoms with Gasteiger partial charge in [0.2, 0.25) is 0 Å². The van der Waals surface area contributed by atoms with E-state index in [0.29, 0.717) is 25.9 Å². The Balaban J connectivity index is 1.93. The Hall–Kier alpha value is -1.58. The molecule has 0 spiro atoms. The summed E-state index contributed by atoms with van der Waals surface area (Å²) in [4.78, 5) is 12.6. The lowest BCUT2D eigenvalue weighted by atomic mass is 9.89. The van der Waals surface area contributed by atoms with E-state index in [0.717, 1.165) is 19.4 Å². The smallest absolute Gasteiger partial charge is 0.261 e. The first-order valence-electron chi connectivity index (χ1n) is 15.6. The summed E-state index contributed by atoms with van der Waals surface area (Å²) < 4.78 is 13.3. The van der Waals surface area contributed by atoms with E-state index in [1.165, 1.54) is 10.4 Å². The number of aliphatic hydroxyl groups excluding tert-OH is 1. The third kappa shape index (κ3) is 9.72. The van der Waals surface area contributed by atoms with Gasteiger partial charge in [0.1, 0.15) is 5.78 Å². The zero-order valence-corrected chi connectivity index (χ0v) is 29.6. The fourth-order valence-electron chi connectivity index (χ4n) is 5.33. The van der Waals surface area contributed by atoms with Crippen LogP contribution in [0.1, 0.15) is 87.5 Å². The topological polar surface area (TPSA) is 55.8 Å². The van der Waals surface area contributed by atoms with Crippen molar-refractivity contribution < 1.29 is 18.8 Å². The monoisotopic (exact) mass is 598 g/mol. The van der Waals surface area contributed by atoms with E-state index in [9.17, 15) is 9.90 Å². The predicted octanol–water partition coefficient (Wildman–Crippen LogP) is 7.74. The molecule has 3 atom stereocenters. The van der Waals surface area contributed by atoms with Crippen molar-refractivity contribution in [1.82, 2.24) is 0 Å². The highest BCUT2D eigenvalue weighted by Gasteiger charge is 2.50. The number of unbranched alkanes of at least 4 members (excludes halogenated alkanes) is 1. The van der Waals surface area contributed by atoms with Gasteiger partial charge in [-0.25, -0.2) is 0 Å². The molecular weight excluding hydrogens is 541 g/mol. The molecule has 2 aromatic rings. The Bertz CT molecular complexity index is 1000. The van der Waals surface area contributed by atoms with Crippen LogP contribution < -0.4 is 10.4 Å². The van der Waals surface area contributed by atoms with Gasteiger partial charge in [-0.1, -0.05) is 116 Å². The number of benzene rings is 2. The molecule has 2 rings (SSSR count). The van der Waals surface area contributed by atoms with Crippen molar-refractivity contribution in [2.45, 2.75) is 117 Å². The van der Waals surface area contributed by atoms with E-state index < -0.39 is 22.7 Å². The van der Waals surface area contributed by atoms with E-state index in [4.69, 9.17) is 8.85 Å². The molecule has 0 amide bonds. The van der Waals surface area contributed by atoms with Gasteiger partial charge in [-0.05, 0) is 58.7 Å². The van der Waals surface area contributed by atoms with Crippen LogP contribution >= 0.6 is 0 Å². The van der Waals surface area contributed by atoms with E-state index in [1.54, 1.807) is 0 Å². The van der Waals surface area contributed by atoms with Gasteiger partial charge in [0.15, 0.2) is 8.32 Å². The highest BCUT2D eigenvalue weighted by molar-refractivity contribution is 6.99. The van der Waals surface area contributed by atoms with Gasteiger partial charge >= 0.3 is 0 Å². The minimum absolute atomic E-state index is 0.0265. The van der Waals surface area contributed by atoms with Crippen LogP contribution in [-0.2, 0) is 13.6 Å².